The van der Waals surface area contributed by atoms with E-state index in [1.165, 1.54) is 12.1 Å². The molecule has 0 amide bonds. The minimum atomic E-state index is -0.277. The molecule has 0 bridgehead atoms. The lowest BCUT2D eigenvalue weighted by Gasteiger charge is -2.05. The summed E-state index contributed by atoms with van der Waals surface area (Å²) in [6.45, 7) is 0.251. The lowest BCUT2D eigenvalue weighted by atomic mass is 10.2. The van der Waals surface area contributed by atoms with Gasteiger partial charge in [0.2, 0.25) is 5.89 Å². The van der Waals surface area contributed by atoms with Crippen molar-refractivity contribution >= 4 is 22.6 Å². The zero-order valence-corrected chi connectivity index (χ0v) is 13.1. The minimum Gasteiger partial charge on any atom is -0.483 e. The average Bonchev–Trinajstić information content (AvgIpc) is 2.96. The SMILES string of the molecule is Fc1ccc(-c2cnc(COc3ccccc3I)o2)cc1. The highest BCUT2D eigenvalue weighted by molar-refractivity contribution is 14.1. The van der Waals surface area contributed by atoms with Crippen molar-refractivity contribution in [2.24, 2.45) is 0 Å². The highest BCUT2D eigenvalue weighted by Crippen LogP contribution is 2.23. The molecule has 0 spiro atoms. The van der Waals surface area contributed by atoms with Gasteiger partial charge in [0, 0.05) is 5.56 Å². The van der Waals surface area contributed by atoms with Crippen molar-refractivity contribution in [3.05, 3.63) is 70.0 Å². The van der Waals surface area contributed by atoms with E-state index in [9.17, 15) is 4.39 Å². The van der Waals surface area contributed by atoms with E-state index < -0.39 is 0 Å². The van der Waals surface area contributed by atoms with E-state index in [1.54, 1.807) is 18.3 Å². The van der Waals surface area contributed by atoms with Crippen molar-refractivity contribution in [3.8, 4) is 17.1 Å². The number of ether oxygens (including phenoxy) is 1. The minimum absolute atomic E-state index is 0.251. The maximum absolute atomic E-state index is 12.9. The summed E-state index contributed by atoms with van der Waals surface area (Å²) < 4.78 is 25.2. The molecule has 0 unspecified atom stereocenters. The van der Waals surface area contributed by atoms with Gasteiger partial charge in [-0.1, -0.05) is 12.1 Å². The fraction of sp³-hybridized carbons (Fsp3) is 0.0625. The molecular formula is C16H11FINO2. The second kappa shape index (κ2) is 6.26. The van der Waals surface area contributed by atoms with Crippen LogP contribution in [0.2, 0.25) is 0 Å². The first kappa shape index (κ1) is 14.1. The van der Waals surface area contributed by atoms with Crippen molar-refractivity contribution in [2.45, 2.75) is 6.61 Å². The van der Waals surface area contributed by atoms with Crippen LogP contribution in [0.5, 0.6) is 5.75 Å². The Kier molecular flexibility index (Phi) is 4.19. The zero-order chi connectivity index (χ0) is 14.7. The lowest BCUT2D eigenvalue weighted by molar-refractivity contribution is 0.263. The van der Waals surface area contributed by atoms with Gasteiger partial charge in [0.25, 0.3) is 0 Å². The number of benzene rings is 2. The number of hydrogen-bond donors (Lipinski definition) is 0. The third-order valence-electron chi connectivity index (χ3n) is 2.87. The maximum Gasteiger partial charge on any atom is 0.232 e. The molecule has 0 aliphatic carbocycles. The van der Waals surface area contributed by atoms with E-state index in [-0.39, 0.29) is 12.4 Å². The molecule has 0 atom stereocenters. The van der Waals surface area contributed by atoms with Gasteiger partial charge in [0.05, 0.1) is 9.77 Å². The van der Waals surface area contributed by atoms with E-state index in [0.717, 1.165) is 14.9 Å². The smallest absolute Gasteiger partial charge is 0.232 e. The van der Waals surface area contributed by atoms with E-state index in [1.807, 2.05) is 24.3 Å². The quantitative estimate of drug-likeness (QED) is 0.603. The highest BCUT2D eigenvalue weighted by Gasteiger charge is 2.08. The molecule has 0 fully saturated rings. The Hall–Kier alpha value is -1.89. The number of hydrogen-bond acceptors (Lipinski definition) is 3. The van der Waals surface area contributed by atoms with Gasteiger partial charge in [-0.15, -0.1) is 0 Å². The molecule has 21 heavy (non-hydrogen) atoms. The number of aromatic nitrogens is 1. The van der Waals surface area contributed by atoms with Crippen LogP contribution in [-0.2, 0) is 6.61 Å². The summed E-state index contributed by atoms with van der Waals surface area (Å²) in [7, 11) is 0. The fourth-order valence-corrected chi connectivity index (χ4v) is 2.37. The molecule has 0 aliphatic rings. The summed E-state index contributed by atoms with van der Waals surface area (Å²) in [6, 6.07) is 13.8. The maximum atomic E-state index is 12.9. The number of para-hydroxylation sites is 1. The van der Waals surface area contributed by atoms with Crippen LogP contribution in [0.3, 0.4) is 0 Å². The largest absolute Gasteiger partial charge is 0.483 e. The Morgan fingerprint density at radius 2 is 1.86 bits per heavy atom. The molecule has 0 aliphatic heterocycles. The number of nitrogens with zero attached hydrogens (tertiary/aromatic N) is 1. The number of oxazole rings is 1. The molecule has 3 rings (SSSR count). The Labute approximate surface area is 134 Å². The third kappa shape index (κ3) is 3.41. The summed E-state index contributed by atoms with van der Waals surface area (Å²) in [5, 5.41) is 0. The van der Waals surface area contributed by atoms with Crippen LogP contribution < -0.4 is 4.74 Å². The average molecular weight is 395 g/mol. The summed E-state index contributed by atoms with van der Waals surface area (Å²) in [4.78, 5) is 4.17. The van der Waals surface area contributed by atoms with E-state index in [2.05, 4.69) is 27.6 Å². The third-order valence-corrected chi connectivity index (χ3v) is 3.76. The van der Waals surface area contributed by atoms with Gasteiger partial charge in [-0.3, -0.25) is 0 Å². The predicted octanol–water partition coefficient (Wildman–Crippen LogP) is 4.66. The Morgan fingerprint density at radius 3 is 2.62 bits per heavy atom. The molecule has 3 nitrogen and oxygen atoms in total. The van der Waals surface area contributed by atoms with Crippen LogP contribution in [0.1, 0.15) is 5.89 Å². The van der Waals surface area contributed by atoms with E-state index >= 15 is 0 Å². The Balaban J connectivity index is 1.71. The first-order chi connectivity index (χ1) is 10.2. The van der Waals surface area contributed by atoms with Crippen LogP contribution in [0, 0.1) is 9.39 Å². The van der Waals surface area contributed by atoms with Crippen molar-refractivity contribution < 1.29 is 13.5 Å². The molecule has 3 aromatic rings. The molecular weight excluding hydrogens is 384 g/mol. The van der Waals surface area contributed by atoms with Crippen LogP contribution in [0.15, 0.2) is 59.1 Å². The summed E-state index contributed by atoms with van der Waals surface area (Å²) in [6.07, 6.45) is 1.61. The van der Waals surface area contributed by atoms with E-state index in [4.69, 9.17) is 9.15 Å². The van der Waals surface area contributed by atoms with Crippen molar-refractivity contribution in [2.75, 3.05) is 0 Å². The molecule has 2 aromatic carbocycles. The molecule has 0 N–H and O–H groups in total. The molecule has 0 saturated carbocycles. The molecule has 1 heterocycles. The van der Waals surface area contributed by atoms with E-state index in [0.29, 0.717) is 11.7 Å². The second-order valence-electron chi connectivity index (χ2n) is 4.34. The normalized spacial score (nSPS) is 10.6. The summed E-state index contributed by atoms with van der Waals surface area (Å²) in [5.41, 5.74) is 0.782. The number of halogens is 2. The highest BCUT2D eigenvalue weighted by atomic mass is 127. The topological polar surface area (TPSA) is 35.3 Å². The zero-order valence-electron chi connectivity index (χ0n) is 10.9. The summed E-state index contributed by atoms with van der Waals surface area (Å²) in [5.74, 6) is 1.59. The van der Waals surface area contributed by atoms with Crippen molar-refractivity contribution in [1.82, 2.24) is 4.98 Å². The van der Waals surface area contributed by atoms with Gasteiger partial charge in [-0.05, 0) is 59.0 Å². The lowest BCUT2D eigenvalue weighted by Crippen LogP contribution is -1.96. The van der Waals surface area contributed by atoms with Gasteiger partial charge in [0.15, 0.2) is 12.4 Å². The first-order valence-electron chi connectivity index (χ1n) is 6.30. The Morgan fingerprint density at radius 1 is 1.10 bits per heavy atom. The predicted molar refractivity (Wildman–Crippen MR) is 85.4 cm³/mol. The van der Waals surface area contributed by atoms with Gasteiger partial charge >= 0.3 is 0 Å². The van der Waals surface area contributed by atoms with Crippen LogP contribution in [0.25, 0.3) is 11.3 Å². The van der Waals surface area contributed by atoms with Crippen molar-refractivity contribution in [1.29, 1.82) is 0 Å². The van der Waals surface area contributed by atoms with Crippen LogP contribution in [-0.4, -0.2) is 4.98 Å². The fourth-order valence-electron chi connectivity index (χ4n) is 1.83. The molecule has 0 saturated heterocycles. The molecule has 5 heteroatoms. The summed E-state index contributed by atoms with van der Waals surface area (Å²) >= 11 is 2.21. The van der Waals surface area contributed by atoms with Crippen LogP contribution in [0.4, 0.5) is 4.39 Å². The van der Waals surface area contributed by atoms with Gasteiger partial charge < -0.3 is 9.15 Å². The standard InChI is InChI=1S/C16H11FINO2/c17-12-7-5-11(6-8-12)15-9-19-16(21-15)10-20-14-4-2-1-3-13(14)18/h1-9H,10H2. The van der Waals surface area contributed by atoms with Gasteiger partial charge in [-0.2, -0.15) is 0 Å². The number of rotatable bonds is 4. The van der Waals surface area contributed by atoms with Gasteiger partial charge in [0.1, 0.15) is 11.6 Å². The molecule has 1 aromatic heterocycles. The first-order valence-corrected chi connectivity index (χ1v) is 7.38. The second-order valence-corrected chi connectivity index (χ2v) is 5.51. The Bertz CT molecular complexity index is 740. The van der Waals surface area contributed by atoms with Gasteiger partial charge in [-0.25, -0.2) is 9.37 Å². The van der Waals surface area contributed by atoms with Crippen LogP contribution >= 0.6 is 22.6 Å². The molecule has 106 valence electrons. The molecule has 0 radical (unpaired) electrons. The monoisotopic (exact) mass is 395 g/mol. The van der Waals surface area contributed by atoms with Crippen molar-refractivity contribution in [3.63, 3.8) is 0 Å².